The number of rotatable bonds is 5. The second-order valence-corrected chi connectivity index (χ2v) is 8.82. The first-order chi connectivity index (χ1) is 15.9. The maximum atomic E-state index is 13.4. The van der Waals surface area contributed by atoms with E-state index in [4.69, 9.17) is 9.98 Å². The van der Waals surface area contributed by atoms with Gasteiger partial charge in [-0.05, 0) is 39.2 Å². The fourth-order valence-corrected chi connectivity index (χ4v) is 4.48. The Bertz CT molecular complexity index is 1180. The molecule has 0 radical (unpaired) electrons. The van der Waals surface area contributed by atoms with Crippen molar-refractivity contribution in [1.82, 2.24) is 25.1 Å². The predicted molar refractivity (Wildman–Crippen MR) is 128 cm³/mol. The van der Waals surface area contributed by atoms with Gasteiger partial charge in [-0.25, -0.2) is 4.98 Å². The van der Waals surface area contributed by atoms with Crippen LogP contribution in [0, 0.1) is 13.8 Å². The highest BCUT2D eigenvalue weighted by molar-refractivity contribution is 6.00. The van der Waals surface area contributed by atoms with Gasteiger partial charge in [0.2, 0.25) is 5.95 Å². The van der Waals surface area contributed by atoms with Gasteiger partial charge in [0.1, 0.15) is 11.4 Å². The van der Waals surface area contributed by atoms with E-state index < -0.39 is 5.54 Å². The second-order valence-electron chi connectivity index (χ2n) is 8.82. The highest BCUT2D eigenvalue weighted by Crippen LogP contribution is 2.36. The lowest BCUT2D eigenvalue weighted by Crippen LogP contribution is -2.50. The van der Waals surface area contributed by atoms with Gasteiger partial charge in [-0.1, -0.05) is 30.3 Å². The summed E-state index contributed by atoms with van der Waals surface area (Å²) in [5.41, 5.74) is 2.26. The van der Waals surface area contributed by atoms with E-state index in [1.165, 1.54) is 0 Å². The van der Waals surface area contributed by atoms with E-state index in [0.29, 0.717) is 43.5 Å². The first-order valence-corrected chi connectivity index (χ1v) is 11.3. The van der Waals surface area contributed by atoms with Gasteiger partial charge >= 0.3 is 0 Å². The van der Waals surface area contributed by atoms with Crippen molar-refractivity contribution in [3.05, 3.63) is 59.4 Å². The van der Waals surface area contributed by atoms with Crippen LogP contribution in [0.25, 0.3) is 0 Å². The number of nitrogens with one attached hydrogen (secondary N) is 2. The number of hydrogen-bond acceptors (Lipinski definition) is 7. The quantitative estimate of drug-likeness (QED) is 0.624. The molecule has 0 bridgehead atoms. The Hall–Kier alpha value is -3.75. The van der Waals surface area contributed by atoms with Gasteiger partial charge in [0.25, 0.3) is 5.91 Å². The number of amides is 1. The number of H-pyrrole nitrogens is 1. The zero-order valence-electron chi connectivity index (χ0n) is 19.1. The molecule has 1 atom stereocenters. The molecule has 0 unspecified atom stereocenters. The van der Waals surface area contributed by atoms with Crippen LogP contribution in [-0.2, 0) is 4.79 Å². The van der Waals surface area contributed by atoms with E-state index in [-0.39, 0.29) is 11.9 Å². The molecule has 170 valence electrons. The summed E-state index contributed by atoms with van der Waals surface area (Å²) in [6, 6.07) is 13.8. The minimum atomic E-state index is -0.684. The lowest BCUT2D eigenvalue weighted by Gasteiger charge is -2.37. The lowest BCUT2D eigenvalue weighted by atomic mass is 9.87. The van der Waals surface area contributed by atoms with Gasteiger partial charge < -0.3 is 10.2 Å². The molecule has 0 aliphatic carbocycles. The molecule has 2 aromatic heterocycles. The maximum Gasteiger partial charge on any atom is 0.256 e. The van der Waals surface area contributed by atoms with Gasteiger partial charge in [-0.2, -0.15) is 10.1 Å². The van der Waals surface area contributed by atoms with Crippen LogP contribution in [0.1, 0.15) is 42.8 Å². The number of aryl methyl sites for hydroxylation is 2. The fraction of sp³-hybridized carbons (Fsp3) is 0.375. The first kappa shape index (κ1) is 21.1. The van der Waals surface area contributed by atoms with Crippen LogP contribution in [0.3, 0.4) is 0 Å². The highest BCUT2D eigenvalue weighted by Gasteiger charge is 2.48. The molecule has 5 rings (SSSR count). The molecule has 1 saturated heterocycles. The minimum absolute atomic E-state index is 0.0423. The van der Waals surface area contributed by atoms with E-state index in [1.54, 1.807) is 11.2 Å². The number of piperidine rings is 1. The number of carbonyl (C=O) groups is 1. The first-order valence-electron chi connectivity index (χ1n) is 11.3. The van der Waals surface area contributed by atoms with Crippen LogP contribution in [0.4, 0.5) is 17.6 Å². The molecule has 2 aliphatic heterocycles. The third kappa shape index (κ3) is 4.06. The summed E-state index contributed by atoms with van der Waals surface area (Å²) in [7, 11) is 0. The van der Waals surface area contributed by atoms with Crippen LogP contribution in [0.5, 0.6) is 0 Å². The van der Waals surface area contributed by atoms with Gasteiger partial charge in [0, 0.05) is 36.6 Å². The minimum Gasteiger partial charge on any atom is -0.341 e. The smallest absolute Gasteiger partial charge is 0.256 e. The van der Waals surface area contributed by atoms with Gasteiger partial charge in [0.15, 0.2) is 5.82 Å². The third-order valence-corrected chi connectivity index (χ3v) is 6.44. The molecule has 9 nitrogen and oxygen atoms in total. The number of anilines is 3. The van der Waals surface area contributed by atoms with Crippen molar-refractivity contribution < 1.29 is 4.79 Å². The predicted octanol–water partition coefficient (Wildman–Crippen LogP) is 3.53. The SMILES string of the molecule is Cc1cc(Nc2cc(C)[nH]n2)nc(N2CCC3(CC2)N=CN([C@@H](C)c2ccccc2)C3=O)n1. The van der Waals surface area contributed by atoms with Crippen LogP contribution in [-0.4, -0.2) is 55.9 Å². The zero-order valence-corrected chi connectivity index (χ0v) is 19.1. The molecule has 4 heterocycles. The zero-order chi connectivity index (χ0) is 23.0. The number of aliphatic imine (C=N–C) groups is 1. The normalized spacial score (nSPS) is 18.2. The largest absolute Gasteiger partial charge is 0.341 e. The summed E-state index contributed by atoms with van der Waals surface area (Å²) in [5.74, 6) is 2.15. The Kier molecular flexibility index (Phi) is 5.32. The third-order valence-electron chi connectivity index (χ3n) is 6.44. The van der Waals surface area contributed by atoms with Crippen LogP contribution < -0.4 is 10.2 Å². The topological polar surface area (TPSA) is 102 Å². The van der Waals surface area contributed by atoms with Crippen molar-refractivity contribution in [3.8, 4) is 0 Å². The summed E-state index contributed by atoms with van der Waals surface area (Å²) in [4.78, 5) is 31.3. The standard InChI is InChI=1S/C24H28N8O/c1-16-13-20(27-21-14-17(2)29-30-21)28-23(26-16)31-11-9-24(10-12-31)22(33)32(15-25-24)18(3)19-7-5-4-6-8-19/h4-8,13-15,18H,9-12H2,1-3H3,(H2,26,27,28,29,30)/t18-/m0/s1. The van der Waals surface area contributed by atoms with E-state index in [2.05, 4.69) is 25.4 Å². The van der Waals surface area contributed by atoms with Crippen molar-refractivity contribution in [2.45, 2.75) is 45.2 Å². The van der Waals surface area contributed by atoms with Crippen molar-refractivity contribution >= 4 is 29.8 Å². The molecular weight excluding hydrogens is 416 g/mol. The number of aromatic amines is 1. The number of aromatic nitrogens is 4. The maximum absolute atomic E-state index is 13.4. The van der Waals surface area contributed by atoms with Crippen molar-refractivity contribution in [2.75, 3.05) is 23.3 Å². The van der Waals surface area contributed by atoms with Crippen molar-refractivity contribution in [1.29, 1.82) is 0 Å². The molecular formula is C24H28N8O. The van der Waals surface area contributed by atoms with Gasteiger partial charge in [-0.15, -0.1) is 0 Å². The lowest BCUT2D eigenvalue weighted by molar-refractivity contribution is -0.133. The summed E-state index contributed by atoms with van der Waals surface area (Å²) < 4.78 is 0. The van der Waals surface area contributed by atoms with Gasteiger partial charge in [0.05, 0.1) is 12.4 Å². The molecule has 1 aromatic carbocycles. The molecule has 2 aliphatic rings. The summed E-state index contributed by atoms with van der Waals surface area (Å²) in [5, 5.41) is 10.4. The molecule has 33 heavy (non-hydrogen) atoms. The number of benzene rings is 1. The highest BCUT2D eigenvalue weighted by atomic mass is 16.2. The van der Waals surface area contributed by atoms with Gasteiger partial charge in [-0.3, -0.25) is 19.8 Å². The summed E-state index contributed by atoms with van der Waals surface area (Å²) >= 11 is 0. The van der Waals surface area contributed by atoms with Crippen molar-refractivity contribution in [3.63, 3.8) is 0 Å². The average Bonchev–Trinajstić information content (AvgIpc) is 3.37. The number of nitrogens with zero attached hydrogens (tertiary/aromatic N) is 6. The molecule has 1 amide bonds. The van der Waals surface area contributed by atoms with Crippen LogP contribution >= 0.6 is 0 Å². The summed E-state index contributed by atoms with van der Waals surface area (Å²) in [6.07, 6.45) is 3.00. The monoisotopic (exact) mass is 444 g/mol. The molecule has 9 heteroatoms. The molecule has 3 aromatic rings. The van der Waals surface area contributed by atoms with Crippen LogP contribution in [0.15, 0.2) is 47.5 Å². The Labute approximate surface area is 193 Å². The van der Waals surface area contributed by atoms with E-state index in [0.717, 1.165) is 17.0 Å². The number of hydrogen-bond donors (Lipinski definition) is 2. The fourth-order valence-electron chi connectivity index (χ4n) is 4.48. The second kappa shape index (κ2) is 8.31. The summed E-state index contributed by atoms with van der Waals surface area (Å²) in [6.45, 7) is 7.28. The van der Waals surface area contributed by atoms with Crippen molar-refractivity contribution in [2.24, 2.45) is 4.99 Å². The molecule has 2 N–H and O–H groups in total. The van der Waals surface area contributed by atoms with E-state index >= 15 is 0 Å². The Morgan fingerprint density at radius 1 is 1.06 bits per heavy atom. The Morgan fingerprint density at radius 3 is 2.52 bits per heavy atom. The Balaban J connectivity index is 1.27. The van der Waals surface area contributed by atoms with E-state index in [9.17, 15) is 4.79 Å². The average molecular weight is 445 g/mol. The van der Waals surface area contributed by atoms with E-state index in [1.807, 2.05) is 63.2 Å². The number of carbonyl (C=O) groups excluding carboxylic acids is 1. The molecule has 1 fully saturated rings. The molecule has 1 spiro atoms. The Morgan fingerprint density at radius 2 is 1.82 bits per heavy atom. The molecule has 0 saturated carbocycles. The van der Waals surface area contributed by atoms with Crippen LogP contribution in [0.2, 0.25) is 0 Å².